The van der Waals surface area contributed by atoms with Gasteiger partial charge in [0.2, 0.25) is 0 Å². The van der Waals surface area contributed by atoms with Crippen LogP contribution < -0.4 is 10.1 Å². The molecule has 0 heterocycles. The van der Waals surface area contributed by atoms with Gasteiger partial charge in [-0.2, -0.15) is 0 Å². The molecular formula is C19H20BrNO4. The van der Waals surface area contributed by atoms with Gasteiger partial charge < -0.3 is 14.8 Å². The van der Waals surface area contributed by atoms with E-state index < -0.39 is 12.1 Å². The average molecular weight is 406 g/mol. The summed E-state index contributed by atoms with van der Waals surface area (Å²) >= 11 is 3.34. The predicted octanol–water partition coefficient (Wildman–Crippen LogP) is 3.96. The maximum absolute atomic E-state index is 12.1. The van der Waals surface area contributed by atoms with Gasteiger partial charge in [0.15, 0.2) is 6.10 Å². The highest BCUT2D eigenvalue weighted by Gasteiger charge is 2.18. The van der Waals surface area contributed by atoms with E-state index in [1.54, 1.807) is 26.2 Å². The molecule has 0 unspecified atom stereocenters. The quantitative estimate of drug-likeness (QED) is 0.707. The van der Waals surface area contributed by atoms with Crippen molar-refractivity contribution < 1.29 is 19.1 Å². The van der Waals surface area contributed by atoms with E-state index in [0.717, 1.165) is 15.8 Å². The van der Waals surface area contributed by atoms with Crippen molar-refractivity contribution in [1.29, 1.82) is 0 Å². The van der Waals surface area contributed by atoms with Crippen LogP contribution in [0.1, 0.15) is 18.9 Å². The van der Waals surface area contributed by atoms with Crippen LogP contribution in [0.3, 0.4) is 0 Å². The number of amides is 1. The highest BCUT2D eigenvalue weighted by Crippen LogP contribution is 2.16. The molecule has 2 aromatic rings. The summed E-state index contributed by atoms with van der Waals surface area (Å²) < 4.78 is 11.1. The monoisotopic (exact) mass is 405 g/mol. The molecule has 2 aromatic carbocycles. The molecule has 0 saturated heterocycles. The molecule has 0 spiro atoms. The summed E-state index contributed by atoms with van der Waals surface area (Å²) in [5.74, 6) is -0.00669. The highest BCUT2D eigenvalue weighted by atomic mass is 79.9. The number of benzene rings is 2. The first-order valence-corrected chi connectivity index (χ1v) is 8.66. The summed E-state index contributed by atoms with van der Waals surface area (Å²) in [7, 11) is 1.60. The Morgan fingerprint density at radius 1 is 1.16 bits per heavy atom. The zero-order valence-electron chi connectivity index (χ0n) is 14.1. The molecule has 0 saturated carbocycles. The molecule has 132 valence electrons. The van der Waals surface area contributed by atoms with Crippen molar-refractivity contribution in [2.75, 3.05) is 12.4 Å². The minimum atomic E-state index is -0.859. The standard InChI is InChI=1S/C19H20BrNO4/c1-13(19(23)21-16-5-3-4-15(20)12-16)25-18(22)11-8-14-6-9-17(24-2)10-7-14/h3-7,9-10,12-13H,8,11H2,1-2H3,(H,21,23)/t13-/m0/s1. The smallest absolute Gasteiger partial charge is 0.306 e. The molecule has 0 bridgehead atoms. The van der Waals surface area contributed by atoms with Crippen molar-refractivity contribution in [3.8, 4) is 5.75 Å². The third-order valence-corrected chi connectivity index (χ3v) is 4.04. The van der Waals surface area contributed by atoms with E-state index >= 15 is 0 Å². The number of carbonyl (C=O) groups excluding carboxylic acids is 2. The van der Waals surface area contributed by atoms with Crippen molar-refractivity contribution in [1.82, 2.24) is 0 Å². The second-order valence-electron chi connectivity index (χ2n) is 5.48. The minimum absolute atomic E-state index is 0.209. The summed E-state index contributed by atoms with van der Waals surface area (Å²) in [4.78, 5) is 24.0. The Kier molecular flexibility index (Phi) is 7.01. The molecule has 1 amide bonds. The lowest BCUT2D eigenvalue weighted by atomic mass is 10.1. The van der Waals surface area contributed by atoms with Crippen LogP contribution in [0.5, 0.6) is 5.75 Å². The zero-order valence-corrected chi connectivity index (χ0v) is 15.7. The molecule has 25 heavy (non-hydrogen) atoms. The lowest BCUT2D eigenvalue weighted by molar-refractivity contribution is -0.153. The van der Waals surface area contributed by atoms with Crippen molar-refractivity contribution >= 4 is 33.5 Å². The van der Waals surface area contributed by atoms with E-state index in [4.69, 9.17) is 9.47 Å². The molecular weight excluding hydrogens is 386 g/mol. The molecule has 1 atom stereocenters. The number of halogens is 1. The first-order valence-electron chi connectivity index (χ1n) is 7.87. The average Bonchev–Trinajstić information content (AvgIpc) is 2.60. The minimum Gasteiger partial charge on any atom is -0.497 e. The van der Waals surface area contributed by atoms with Gasteiger partial charge in [0.25, 0.3) is 5.91 Å². The topological polar surface area (TPSA) is 64.6 Å². The van der Waals surface area contributed by atoms with E-state index in [1.165, 1.54) is 0 Å². The molecule has 0 aliphatic rings. The molecule has 0 radical (unpaired) electrons. The second kappa shape index (κ2) is 9.22. The Morgan fingerprint density at radius 3 is 2.52 bits per heavy atom. The van der Waals surface area contributed by atoms with Gasteiger partial charge in [0.05, 0.1) is 7.11 Å². The lowest BCUT2D eigenvalue weighted by Gasteiger charge is -2.13. The predicted molar refractivity (Wildman–Crippen MR) is 99.6 cm³/mol. The number of hydrogen-bond donors (Lipinski definition) is 1. The molecule has 6 heteroatoms. The lowest BCUT2D eigenvalue weighted by Crippen LogP contribution is -2.30. The van der Waals surface area contributed by atoms with Crippen LogP contribution in [0.4, 0.5) is 5.69 Å². The van der Waals surface area contributed by atoms with Crippen molar-refractivity contribution in [2.24, 2.45) is 0 Å². The second-order valence-corrected chi connectivity index (χ2v) is 6.40. The van der Waals surface area contributed by atoms with Gasteiger partial charge in [-0.3, -0.25) is 9.59 Å². The third-order valence-electron chi connectivity index (χ3n) is 3.55. The Bertz CT molecular complexity index is 730. The van der Waals surface area contributed by atoms with Crippen LogP contribution >= 0.6 is 15.9 Å². The Hall–Kier alpha value is -2.34. The van der Waals surface area contributed by atoms with Gasteiger partial charge in [-0.25, -0.2) is 0 Å². The molecule has 0 aromatic heterocycles. The number of rotatable bonds is 7. The zero-order chi connectivity index (χ0) is 18.2. The fraction of sp³-hybridized carbons (Fsp3) is 0.263. The van der Waals surface area contributed by atoms with Crippen LogP contribution in [-0.4, -0.2) is 25.1 Å². The van der Waals surface area contributed by atoms with Gasteiger partial charge in [-0.05, 0) is 49.2 Å². The van der Waals surface area contributed by atoms with Gasteiger partial charge in [-0.15, -0.1) is 0 Å². The number of carbonyl (C=O) groups is 2. The summed E-state index contributed by atoms with van der Waals surface area (Å²) in [6.45, 7) is 1.55. The molecule has 0 aliphatic carbocycles. The first-order chi connectivity index (χ1) is 12.0. The fourth-order valence-corrected chi connectivity index (χ4v) is 2.56. The Morgan fingerprint density at radius 2 is 1.88 bits per heavy atom. The third kappa shape index (κ3) is 6.23. The summed E-state index contributed by atoms with van der Waals surface area (Å²) in [6, 6.07) is 14.7. The molecule has 0 aliphatic heterocycles. The van der Waals surface area contributed by atoms with Crippen LogP contribution in [0.15, 0.2) is 53.0 Å². The molecule has 0 fully saturated rings. The Balaban J connectivity index is 1.79. The number of nitrogens with one attached hydrogen (secondary N) is 1. The Labute approximate surface area is 155 Å². The van der Waals surface area contributed by atoms with Crippen LogP contribution in [0.2, 0.25) is 0 Å². The maximum atomic E-state index is 12.1. The number of hydrogen-bond acceptors (Lipinski definition) is 4. The highest BCUT2D eigenvalue weighted by molar-refractivity contribution is 9.10. The van der Waals surface area contributed by atoms with E-state index in [9.17, 15) is 9.59 Å². The fourth-order valence-electron chi connectivity index (χ4n) is 2.16. The number of anilines is 1. The van der Waals surface area contributed by atoms with E-state index in [2.05, 4.69) is 21.2 Å². The van der Waals surface area contributed by atoms with Gasteiger partial charge in [0, 0.05) is 16.6 Å². The van der Waals surface area contributed by atoms with Gasteiger partial charge in [-0.1, -0.05) is 34.1 Å². The summed E-state index contributed by atoms with van der Waals surface area (Å²) in [5, 5.41) is 2.71. The van der Waals surface area contributed by atoms with Crippen molar-refractivity contribution in [2.45, 2.75) is 25.9 Å². The van der Waals surface area contributed by atoms with Gasteiger partial charge in [0.1, 0.15) is 5.75 Å². The SMILES string of the molecule is COc1ccc(CCC(=O)O[C@@H](C)C(=O)Nc2cccc(Br)c2)cc1. The number of methoxy groups -OCH3 is 1. The number of esters is 1. The normalized spacial score (nSPS) is 11.5. The van der Waals surface area contributed by atoms with Crippen LogP contribution in [0.25, 0.3) is 0 Å². The number of ether oxygens (including phenoxy) is 2. The van der Waals surface area contributed by atoms with Gasteiger partial charge >= 0.3 is 5.97 Å². The summed E-state index contributed by atoms with van der Waals surface area (Å²) in [6.07, 6.45) is -0.105. The van der Waals surface area contributed by atoms with E-state index in [1.807, 2.05) is 36.4 Å². The largest absolute Gasteiger partial charge is 0.497 e. The molecule has 5 nitrogen and oxygen atoms in total. The van der Waals surface area contributed by atoms with Crippen molar-refractivity contribution in [3.63, 3.8) is 0 Å². The first kappa shape index (κ1) is 19.0. The maximum Gasteiger partial charge on any atom is 0.306 e. The van der Waals surface area contributed by atoms with E-state index in [0.29, 0.717) is 12.1 Å². The van der Waals surface area contributed by atoms with E-state index in [-0.39, 0.29) is 12.3 Å². The summed E-state index contributed by atoms with van der Waals surface area (Å²) in [5.41, 5.74) is 1.64. The van der Waals surface area contributed by atoms with Crippen molar-refractivity contribution in [3.05, 3.63) is 58.6 Å². The molecule has 2 rings (SSSR count). The van der Waals surface area contributed by atoms with Crippen LogP contribution in [-0.2, 0) is 20.7 Å². The van der Waals surface area contributed by atoms with Crippen LogP contribution in [0, 0.1) is 0 Å². The number of aryl methyl sites for hydroxylation is 1. The molecule has 1 N–H and O–H groups in total.